The third-order valence-corrected chi connectivity index (χ3v) is 4.58. The van der Waals surface area contributed by atoms with E-state index in [0.717, 1.165) is 6.26 Å². The molecule has 7 heteroatoms. The Morgan fingerprint density at radius 2 is 2.00 bits per heavy atom. The number of imidazole rings is 1. The highest BCUT2D eigenvalue weighted by Crippen LogP contribution is 2.25. The molecule has 2 aromatic rings. The summed E-state index contributed by atoms with van der Waals surface area (Å²) >= 11 is 0. The van der Waals surface area contributed by atoms with Crippen molar-refractivity contribution in [1.29, 1.82) is 0 Å². The Morgan fingerprint density at radius 1 is 1.35 bits per heavy atom. The van der Waals surface area contributed by atoms with E-state index in [-0.39, 0.29) is 10.8 Å². The van der Waals surface area contributed by atoms with Gasteiger partial charge in [0.1, 0.15) is 5.82 Å². The molecule has 1 heterocycles. The van der Waals surface area contributed by atoms with E-state index in [2.05, 4.69) is 9.97 Å². The third kappa shape index (κ3) is 2.67. The van der Waals surface area contributed by atoms with E-state index in [1.54, 1.807) is 19.9 Å². The maximum Gasteiger partial charge on any atom is 0.306 e. The lowest BCUT2D eigenvalue weighted by Gasteiger charge is -2.12. The standard InChI is InChI=1S/C13H16N2O4S/c1-7(8(2)13(16)17)12-14-10-5-4-9(20(3,18)19)6-11(10)15-12/h4-8H,1-3H3,(H,14,15)(H,16,17). The molecule has 0 saturated heterocycles. The van der Waals surface area contributed by atoms with E-state index in [1.807, 2.05) is 0 Å². The van der Waals surface area contributed by atoms with Crippen molar-refractivity contribution < 1.29 is 18.3 Å². The summed E-state index contributed by atoms with van der Waals surface area (Å²) in [6.07, 6.45) is 1.14. The highest BCUT2D eigenvalue weighted by atomic mass is 32.2. The molecule has 0 fully saturated rings. The van der Waals surface area contributed by atoms with Crippen molar-refractivity contribution in [3.05, 3.63) is 24.0 Å². The maximum atomic E-state index is 11.5. The molecule has 6 nitrogen and oxygen atoms in total. The number of carbonyl (C=O) groups is 1. The number of nitrogens with one attached hydrogen (secondary N) is 1. The molecule has 0 bridgehead atoms. The molecule has 1 aromatic carbocycles. The first-order valence-corrected chi connectivity index (χ1v) is 8.02. The van der Waals surface area contributed by atoms with E-state index in [4.69, 9.17) is 5.11 Å². The van der Waals surface area contributed by atoms with Gasteiger partial charge in [-0.1, -0.05) is 13.8 Å². The van der Waals surface area contributed by atoms with E-state index in [0.29, 0.717) is 16.9 Å². The highest BCUT2D eigenvalue weighted by Gasteiger charge is 2.23. The van der Waals surface area contributed by atoms with Crippen LogP contribution < -0.4 is 0 Å². The zero-order chi connectivity index (χ0) is 15.1. The molecular weight excluding hydrogens is 280 g/mol. The largest absolute Gasteiger partial charge is 0.481 e. The second-order valence-electron chi connectivity index (χ2n) is 4.99. The number of fused-ring (bicyclic) bond motifs is 1. The van der Waals surface area contributed by atoms with Crippen LogP contribution in [0.2, 0.25) is 0 Å². The van der Waals surface area contributed by atoms with Crippen LogP contribution in [-0.2, 0) is 14.6 Å². The van der Waals surface area contributed by atoms with Gasteiger partial charge < -0.3 is 10.1 Å². The monoisotopic (exact) mass is 296 g/mol. The van der Waals surface area contributed by atoms with Crippen molar-refractivity contribution in [3.8, 4) is 0 Å². The molecule has 2 rings (SSSR count). The number of rotatable bonds is 4. The van der Waals surface area contributed by atoms with Crippen LogP contribution in [0.25, 0.3) is 11.0 Å². The first-order valence-electron chi connectivity index (χ1n) is 6.12. The summed E-state index contributed by atoms with van der Waals surface area (Å²) in [5, 5.41) is 9.02. The van der Waals surface area contributed by atoms with Crippen molar-refractivity contribution in [2.24, 2.45) is 5.92 Å². The predicted molar refractivity (Wildman–Crippen MR) is 74.4 cm³/mol. The summed E-state index contributed by atoms with van der Waals surface area (Å²) in [6, 6.07) is 4.62. The first kappa shape index (κ1) is 14.5. The second kappa shape index (κ2) is 4.90. The fourth-order valence-electron chi connectivity index (χ4n) is 1.91. The number of hydrogen-bond donors (Lipinski definition) is 2. The van der Waals surface area contributed by atoms with Gasteiger partial charge in [-0.15, -0.1) is 0 Å². The number of nitrogens with zero attached hydrogens (tertiary/aromatic N) is 1. The number of carboxylic acid groups (broad SMARTS) is 1. The van der Waals surface area contributed by atoms with Crippen LogP contribution in [0.15, 0.2) is 23.1 Å². The molecule has 0 saturated carbocycles. The zero-order valence-corrected chi connectivity index (χ0v) is 12.2. The van der Waals surface area contributed by atoms with Crippen LogP contribution in [0, 0.1) is 5.92 Å². The number of carboxylic acids is 1. The molecule has 108 valence electrons. The second-order valence-corrected chi connectivity index (χ2v) is 7.00. The van der Waals surface area contributed by atoms with Crippen LogP contribution in [0.5, 0.6) is 0 Å². The van der Waals surface area contributed by atoms with Gasteiger partial charge in [-0.3, -0.25) is 4.79 Å². The minimum atomic E-state index is -3.28. The van der Waals surface area contributed by atoms with Crippen LogP contribution >= 0.6 is 0 Å². The van der Waals surface area contributed by atoms with Crippen molar-refractivity contribution in [3.63, 3.8) is 0 Å². The Morgan fingerprint density at radius 3 is 2.55 bits per heavy atom. The number of aromatic nitrogens is 2. The molecule has 0 spiro atoms. The fourth-order valence-corrected chi connectivity index (χ4v) is 2.55. The Balaban J connectivity index is 2.47. The van der Waals surface area contributed by atoms with Gasteiger partial charge in [0.05, 0.1) is 21.8 Å². The molecule has 2 atom stereocenters. The topological polar surface area (TPSA) is 100 Å². The van der Waals surface area contributed by atoms with Crippen molar-refractivity contribution in [2.75, 3.05) is 6.26 Å². The van der Waals surface area contributed by atoms with Gasteiger partial charge in [-0.25, -0.2) is 13.4 Å². The fraction of sp³-hybridized carbons (Fsp3) is 0.385. The van der Waals surface area contributed by atoms with Gasteiger partial charge in [0.2, 0.25) is 0 Å². The molecular formula is C13H16N2O4S. The lowest BCUT2D eigenvalue weighted by molar-refractivity contribution is -0.141. The van der Waals surface area contributed by atoms with Crippen LogP contribution in [0.1, 0.15) is 25.6 Å². The van der Waals surface area contributed by atoms with E-state index in [1.165, 1.54) is 12.1 Å². The summed E-state index contributed by atoms with van der Waals surface area (Å²) in [5.41, 5.74) is 1.21. The number of sulfone groups is 1. The number of H-pyrrole nitrogens is 1. The van der Waals surface area contributed by atoms with Gasteiger partial charge in [-0.05, 0) is 18.2 Å². The van der Waals surface area contributed by atoms with Gasteiger partial charge in [0.15, 0.2) is 9.84 Å². The van der Waals surface area contributed by atoms with Gasteiger partial charge in [0, 0.05) is 12.2 Å². The third-order valence-electron chi connectivity index (χ3n) is 3.47. The Labute approximate surface area is 116 Å². The summed E-state index contributed by atoms with van der Waals surface area (Å²) in [5.74, 6) is -1.22. The molecule has 0 aliphatic rings. The average molecular weight is 296 g/mol. The van der Waals surface area contributed by atoms with Crippen LogP contribution in [-0.4, -0.2) is 35.7 Å². The summed E-state index contributed by atoms with van der Waals surface area (Å²) < 4.78 is 23.0. The van der Waals surface area contributed by atoms with Gasteiger partial charge in [0.25, 0.3) is 0 Å². The molecule has 0 aliphatic carbocycles. The molecule has 0 aliphatic heterocycles. The van der Waals surface area contributed by atoms with Gasteiger partial charge >= 0.3 is 5.97 Å². The summed E-state index contributed by atoms with van der Waals surface area (Å²) in [7, 11) is -3.28. The smallest absolute Gasteiger partial charge is 0.306 e. The minimum Gasteiger partial charge on any atom is -0.481 e. The lowest BCUT2D eigenvalue weighted by atomic mass is 9.96. The van der Waals surface area contributed by atoms with Crippen molar-refractivity contribution in [1.82, 2.24) is 9.97 Å². The van der Waals surface area contributed by atoms with Crippen LogP contribution in [0.4, 0.5) is 0 Å². The number of benzene rings is 1. The van der Waals surface area contributed by atoms with Crippen molar-refractivity contribution in [2.45, 2.75) is 24.7 Å². The molecule has 0 radical (unpaired) electrons. The average Bonchev–Trinajstić information content (AvgIpc) is 2.78. The molecule has 2 N–H and O–H groups in total. The number of hydrogen-bond acceptors (Lipinski definition) is 4. The SMILES string of the molecule is CC(C(=O)O)C(C)c1nc2ccc(S(C)(=O)=O)cc2[nH]1. The van der Waals surface area contributed by atoms with E-state index in [9.17, 15) is 13.2 Å². The minimum absolute atomic E-state index is 0.208. The van der Waals surface area contributed by atoms with E-state index >= 15 is 0 Å². The lowest BCUT2D eigenvalue weighted by Crippen LogP contribution is -2.17. The zero-order valence-electron chi connectivity index (χ0n) is 11.4. The maximum absolute atomic E-state index is 11.5. The Hall–Kier alpha value is -1.89. The quantitative estimate of drug-likeness (QED) is 0.896. The predicted octanol–water partition coefficient (Wildman–Crippen LogP) is 1.79. The van der Waals surface area contributed by atoms with Gasteiger partial charge in [-0.2, -0.15) is 0 Å². The Bertz CT molecular complexity index is 764. The van der Waals surface area contributed by atoms with Crippen LogP contribution in [0.3, 0.4) is 0 Å². The Kier molecular flexibility index (Phi) is 3.56. The molecule has 0 amide bonds. The van der Waals surface area contributed by atoms with Crippen molar-refractivity contribution >= 4 is 26.8 Å². The summed E-state index contributed by atoms with van der Waals surface area (Å²) in [6.45, 7) is 3.39. The highest BCUT2D eigenvalue weighted by molar-refractivity contribution is 7.90. The number of aliphatic carboxylic acids is 1. The first-order chi connectivity index (χ1) is 9.20. The number of aromatic amines is 1. The molecule has 2 unspecified atom stereocenters. The van der Waals surface area contributed by atoms with E-state index < -0.39 is 21.7 Å². The summed E-state index contributed by atoms with van der Waals surface area (Å²) in [4.78, 5) is 18.5. The molecule has 1 aromatic heterocycles. The normalized spacial score (nSPS) is 15.2. The molecule has 20 heavy (non-hydrogen) atoms.